The second-order valence-corrected chi connectivity index (χ2v) is 5.66. The van der Waals surface area contributed by atoms with Crippen LogP contribution in [-0.2, 0) is 0 Å². The summed E-state index contributed by atoms with van der Waals surface area (Å²) in [6.07, 6.45) is 2.94. The van der Waals surface area contributed by atoms with Gasteiger partial charge in [0.05, 0.1) is 10.4 Å². The van der Waals surface area contributed by atoms with Crippen LogP contribution in [0, 0.1) is 0 Å². The molecule has 0 aromatic carbocycles. The van der Waals surface area contributed by atoms with Gasteiger partial charge in [0.15, 0.2) is 5.78 Å². The molecule has 0 spiro atoms. The third kappa shape index (κ3) is 1.90. The van der Waals surface area contributed by atoms with Crippen molar-refractivity contribution in [1.29, 1.82) is 0 Å². The molecule has 15 heavy (non-hydrogen) atoms. The number of rotatable bonds is 3. The van der Waals surface area contributed by atoms with E-state index in [0.29, 0.717) is 0 Å². The second-order valence-electron chi connectivity index (χ2n) is 3.89. The average Bonchev–Trinajstić information content (AvgIpc) is 2.86. The lowest BCUT2D eigenvalue weighted by Gasteiger charge is -2.25. The minimum Gasteiger partial charge on any atom is -0.305 e. The number of halogens is 1. The maximum Gasteiger partial charge on any atom is 0.193 e. The van der Waals surface area contributed by atoms with Gasteiger partial charge in [-0.05, 0) is 53.2 Å². The number of carbonyl (C=O) groups excluding carboxylic acids is 1. The summed E-state index contributed by atoms with van der Waals surface area (Å²) in [4.78, 5) is 13.3. The predicted molar refractivity (Wildman–Crippen MR) is 66.6 cm³/mol. The fourth-order valence-electron chi connectivity index (χ4n) is 2.14. The maximum atomic E-state index is 12.4. The number of ketones is 1. The summed E-state index contributed by atoms with van der Waals surface area (Å²) in [6, 6.07) is 1.94. The summed E-state index contributed by atoms with van der Waals surface area (Å²) in [5.41, 5.74) is -0.298. The number of nitrogens with one attached hydrogen (secondary N) is 1. The van der Waals surface area contributed by atoms with Gasteiger partial charge in [0.25, 0.3) is 0 Å². The number of Topliss-reactive ketones (excluding diaryl/α,β-unsaturated/α-hetero) is 1. The van der Waals surface area contributed by atoms with E-state index in [2.05, 4.69) is 28.2 Å². The van der Waals surface area contributed by atoms with Gasteiger partial charge >= 0.3 is 0 Å². The molecule has 0 radical (unpaired) electrons. The predicted octanol–water partition coefficient (Wildman–Crippen LogP) is 3.23. The van der Waals surface area contributed by atoms with Crippen molar-refractivity contribution in [2.24, 2.45) is 0 Å². The Hall–Kier alpha value is -0.190. The summed E-state index contributed by atoms with van der Waals surface area (Å²) in [5.74, 6) is 0.254. The fraction of sp³-hybridized carbons (Fsp3) is 0.545. The third-order valence-corrected chi connectivity index (χ3v) is 4.94. The Morgan fingerprint density at radius 3 is 3.00 bits per heavy atom. The van der Waals surface area contributed by atoms with Crippen molar-refractivity contribution in [1.82, 2.24) is 5.32 Å². The molecular formula is C11H14BrNOS. The molecule has 0 saturated carbocycles. The Kier molecular flexibility index (Phi) is 3.28. The smallest absolute Gasteiger partial charge is 0.193 e. The molecule has 2 rings (SSSR count). The van der Waals surface area contributed by atoms with Crippen LogP contribution in [0.1, 0.15) is 35.9 Å². The molecule has 1 unspecified atom stereocenters. The zero-order valence-corrected chi connectivity index (χ0v) is 11.1. The molecule has 1 aliphatic rings. The van der Waals surface area contributed by atoms with E-state index < -0.39 is 0 Å². The van der Waals surface area contributed by atoms with Crippen molar-refractivity contribution in [3.8, 4) is 0 Å². The van der Waals surface area contributed by atoms with Crippen LogP contribution >= 0.6 is 27.3 Å². The van der Waals surface area contributed by atoms with E-state index in [1.165, 1.54) is 11.3 Å². The quantitative estimate of drug-likeness (QED) is 0.865. The number of hydrogen-bond donors (Lipinski definition) is 1. The standard InChI is InChI=1S/C11H14BrNOS/c1-2-11(5-3-6-13-11)10(14)9-8(12)4-7-15-9/h4,7,13H,2-3,5-6H2,1H3. The minimum absolute atomic E-state index is 0.254. The van der Waals surface area contributed by atoms with Gasteiger partial charge in [0, 0.05) is 4.47 Å². The SMILES string of the molecule is CCC1(C(=O)c2sccc2Br)CCCN1. The lowest BCUT2D eigenvalue weighted by Crippen LogP contribution is -2.46. The zero-order valence-electron chi connectivity index (χ0n) is 8.68. The monoisotopic (exact) mass is 287 g/mol. The highest BCUT2D eigenvalue weighted by atomic mass is 79.9. The number of carbonyl (C=O) groups is 1. The molecule has 4 heteroatoms. The van der Waals surface area contributed by atoms with E-state index >= 15 is 0 Å². The summed E-state index contributed by atoms with van der Waals surface area (Å²) in [5, 5.41) is 5.33. The molecule has 1 fully saturated rings. The Morgan fingerprint density at radius 1 is 1.73 bits per heavy atom. The van der Waals surface area contributed by atoms with Crippen molar-refractivity contribution >= 4 is 33.0 Å². The molecule has 1 saturated heterocycles. The lowest BCUT2D eigenvalue weighted by molar-refractivity contribution is 0.0867. The van der Waals surface area contributed by atoms with Crippen molar-refractivity contribution in [3.63, 3.8) is 0 Å². The van der Waals surface area contributed by atoms with Gasteiger partial charge in [-0.3, -0.25) is 4.79 Å². The molecule has 82 valence electrons. The van der Waals surface area contributed by atoms with Crippen LogP contribution in [-0.4, -0.2) is 17.9 Å². The molecule has 1 aromatic rings. The number of thiophene rings is 1. The first-order valence-electron chi connectivity index (χ1n) is 5.22. The highest BCUT2D eigenvalue weighted by Crippen LogP contribution is 2.32. The Balaban J connectivity index is 2.30. The van der Waals surface area contributed by atoms with Crippen LogP contribution in [0.2, 0.25) is 0 Å². The Bertz CT molecular complexity index is 368. The van der Waals surface area contributed by atoms with Crippen LogP contribution in [0.3, 0.4) is 0 Å². The molecule has 1 aliphatic heterocycles. The first kappa shape index (κ1) is 11.3. The van der Waals surface area contributed by atoms with Gasteiger partial charge in [0.1, 0.15) is 0 Å². The van der Waals surface area contributed by atoms with Gasteiger partial charge in [0.2, 0.25) is 0 Å². The lowest BCUT2D eigenvalue weighted by atomic mass is 9.88. The summed E-state index contributed by atoms with van der Waals surface area (Å²) in [6.45, 7) is 3.04. The summed E-state index contributed by atoms with van der Waals surface area (Å²) >= 11 is 4.95. The first-order chi connectivity index (χ1) is 7.19. The third-order valence-electron chi connectivity index (χ3n) is 3.11. The van der Waals surface area contributed by atoms with E-state index in [9.17, 15) is 4.79 Å². The molecule has 0 amide bonds. The molecule has 2 heterocycles. The van der Waals surface area contributed by atoms with Crippen molar-refractivity contribution < 1.29 is 4.79 Å². The van der Waals surface area contributed by atoms with Crippen molar-refractivity contribution in [2.75, 3.05) is 6.54 Å². The van der Waals surface area contributed by atoms with Crippen LogP contribution < -0.4 is 5.32 Å². The second kappa shape index (κ2) is 4.36. The van der Waals surface area contributed by atoms with Gasteiger partial charge < -0.3 is 5.32 Å². The van der Waals surface area contributed by atoms with Crippen LogP contribution in [0.5, 0.6) is 0 Å². The summed E-state index contributed by atoms with van der Waals surface area (Å²) < 4.78 is 0.930. The highest BCUT2D eigenvalue weighted by molar-refractivity contribution is 9.10. The van der Waals surface area contributed by atoms with Crippen LogP contribution in [0.25, 0.3) is 0 Å². The van der Waals surface area contributed by atoms with E-state index in [1.807, 2.05) is 11.4 Å². The van der Waals surface area contributed by atoms with Crippen molar-refractivity contribution in [2.45, 2.75) is 31.7 Å². The van der Waals surface area contributed by atoms with Crippen LogP contribution in [0.15, 0.2) is 15.9 Å². The Labute approximate surface area is 102 Å². The topological polar surface area (TPSA) is 29.1 Å². The summed E-state index contributed by atoms with van der Waals surface area (Å²) in [7, 11) is 0. The normalized spacial score (nSPS) is 25.7. The molecule has 0 bridgehead atoms. The van der Waals surface area contributed by atoms with Gasteiger partial charge in [-0.25, -0.2) is 0 Å². The minimum atomic E-state index is -0.298. The van der Waals surface area contributed by atoms with E-state index in [1.54, 1.807) is 0 Å². The van der Waals surface area contributed by atoms with E-state index in [-0.39, 0.29) is 11.3 Å². The fourth-order valence-corrected chi connectivity index (χ4v) is 3.73. The van der Waals surface area contributed by atoms with Gasteiger partial charge in [-0.1, -0.05) is 6.92 Å². The molecule has 2 nitrogen and oxygen atoms in total. The molecule has 0 aliphatic carbocycles. The first-order valence-corrected chi connectivity index (χ1v) is 6.90. The molecule has 1 aromatic heterocycles. The highest BCUT2D eigenvalue weighted by Gasteiger charge is 2.40. The largest absolute Gasteiger partial charge is 0.305 e. The van der Waals surface area contributed by atoms with E-state index in [0.717, 1.165) is 35.2 Å². The van der Waals surface area contributed by atoms with Crippen LogP contribution in [0.4, 0.5) is 0 Å². The maximum absolute atomic E-state index is 12.4. The molecule has 1 N–H and O–H groups in total. The zero-order chi connectivity index (χ0) is 10.9. The van der Waals surface area contributed by atoms with Gasteiger partial charge in [-0.15, -0.1) is 11.3 Å². The van der Waals surface area contributed by atoms with Crippen molar-refractivity contribution in [3.05, 3.63) is 20.8 Å². The molecule has 1 atom stereocenters. The number of hydrogen-bond acceptors (Lipinski definition) is 3. The molecular weight excluding hydrogens is 274 g/mol. The Morgan fingerprint density at radius 2 is 2.53 bits per heavy atom. The van der Waals surface area contributed by atoms with Gasteiger partial charge in [-0.2, -0.15) is 0 Å². The van der Waals surface area contributed by atoms with E-state index in [4.69, 9.17) is 0 Å². The average molecular weight is 288 g/mol.